The van der Waals surface area contributed by atoms with E-state index in [1.807, 2.05) is 6.92 Å². The molecule has 0 aromatic rings. The molecule has 2 N–H and O–H groups in total. The third-order valence-corrected chi connectivity index (χ3v) is 4.01. The van der Waals surface area contributed by atoms with Crippen LogP contribution in [0.1, 0.15) is 32.6 Å². The Morgan fingerprint density at radius 1 is 1.47 bits per heavy atom. The molecular weight excluding hydrogens is 240 g/mol. The standard InChI is InChI=1S/C14H24N4O/c1-14(9-15,17-12-5-6-12)10-18-7-3-4-11(8-18)13(19)16-2/h11-12,17H,3-8,10H2,1-2H3,(H,16,19). The maximum atomic E-state index is 11.7. The minimum atomic E-state index is -0.494. The SMILES string of the molecule is CNC(=O)C1CCCN(CC(C)(C#N)NC2CC2)C1. The van der Waals surface area contributed by atoms with E-state index in [2.05, 4.69) is 21.6 Å². The van der Waals surface area contributed by atoms with Gasteiger partial charge in [0.1, 0.15) is 5.54 Å². The van der Waals surface area contributed by atoms with Crippen molar-refractivity contribution in [3.05, 3.63) is 0 Å². The number of amides is 1. The van der Waals surface area contributed by atoms with Crippen molar-refractivity contribution < 1.29 is 4.79 Å². The quantitative estimate of drug-likeness (QED) is 0.758. The van der Waals surface area contributed by atoms with Crippen molar-refractivity contribution in [2.24, 2.45) is 5.92 Å². The third-order valence-electron chi connectivity index (χ3n) is 4.01. The van der Waals surface area contributed by atoms with E-state index in [4.69, 9.17) is 0 Å². The molecule has 106 valence electrons. The normalized spacial score (nSPS) is 27.3. The molecule has 1 saturated carbocycles. The lowest BCUT2D eigenvalue weighted by molar-refractivity contribution is -0.126. The molecule has 5 heteroatoms. The summed E-state index contributed by atoms with van der Waals surface area (Å²) >= 11 is 0. The first kappa shape index (κ1) is 14.3. The van der Waals surface area contributed by atoms with E-state index in [-0.39, 0.29) is 11.8 Å². The van der Waals surface area contributed by atoms with E-state index in [9.17, 15) is 10.1 Å². The fraction of sp³-hybridized carbons (Fsp3) is 0.857. The Morgan fingerprint density at radius 3 is 2.79 bits per heavy atom. The molecule has 19 heavy (non-hydrogen) atoms. The average Bonchev–Trinajstić information content (AvgIpc) is 3.21. The first-order valence-corrected chi connectivity index (χ1v) is 7.19. The van der Waals surface area contributed by atoms with Gasteiger partial charge in [-0.25, -0.2) is 0 Å². The van der Waals surface area contributed by atoms with Gasteiger partial charge in [0.2, 0.25) is 5.91 Å². The Balaban J connectivity index is 1.89. The molecule has 0 bridgehead atoms. The van der Waals surface area contributed by atoms with Gasteiger partial charge in [-0.2, -0.15) is 5.26 Å². The molecule has 2 fully saturated rings. The molecular formula is C14H24N4O. The number of nitrogens with zero attached hydrogens (tertiary/aromatic N) is 2. The van der Waals surface area contributed by atoms with E-state index in [1.54, 1.807) is 7.05 Å². The van der Waals surface area contributed by atoms with Gasteiger partial charge in [0.25, 0.3) is 0 Å². The smallest absolute Gasteiger partial charge is 0.224 e. The second-order valence-electron chi connectivity index (χ2n) is 6.05. The summed E-state index contributed by atoms with van der Waals surface area (Å²) in [7, 11) is 1.69. The number of carbonyl (C=O) groups excluding carboxylic acids is 1. The Bertz CT molecular complexity index is 374. The summed E-state index contributed by atoms with van der Waals surface area (Å²) in [5.41, 5.74) is -0.494. The number of hydrogen-bond acceptors (Lipinski definition) is 4. The lowest BCUT2D eigenvalue weighted by Gasteiger charge is -2.36. The van der Waals surface area contributed by atoms with Gasteiger partial charge < -0.3 is 5.32 Å². The number of carbonyl (C=O) groups is 1. The highest BCUT2D eigenvalue weighted by molar-refractivity contribution is 5.78. The maximum absolute atomic E-state index is 11.7. The number of rotatable bonds is 5. The number of nitrogens with one attached hydrogen (secondary N) is 2. The van der Waals surface area contributed by atoms with Crippen LogP contribution in [0.25, 0.3) is 0 Å². The minimum absolute atomic E-state index is 0.0719. The lowest BCUT2D eigenvalue weighted by atomic mass is 9.95. The number of hydrogen-bond donors (Lipinski definition) is 2. The van der Waals surface area contributed by atoms with E-state index in [0.717, 1.165) is 25.9 Å². The summed E-state index contributed by atoms with van der Waals surface area (Å²) in [5.74, 6) is 0.195. The van der Waals surface area contributed by atoms with Crippen LogP contribution in [0.5, 0.6) is 0 Å². The highest BCUT2D eigenvalue weighted by atomic mass is 16.1. The molecule has 2 aliphatic rings. The van der Waals surface area contributed by atoms with Crippen molar-refractivity contribution >= 4 is 5.91 Å². The molecule has 0 aromatic carbocycles. The second-order valence-corrected chi connectivity index (χ2v) is 6.05. The predicted molar refractivity (Wildman–Crippen MR) is 73.4 cm³/mol. The molecule has 5 nitrogen and oxygen atoms in total. The Morgan fingerprint density at radius 2 is 2.21 bits per heavy atom. The molecule has 1 amide bonds. The van der Waals surface area contributed by atoms with Gasteiger partial charge in [-0.15, -0.1) is 0 Å². The van der Waals surface area contributed by atoms with Crippen LogP contribution in [-0.4, -0.2) is 49.1 Å². The van der Waals surface area contributed by atoms with Crippen LogP contribution < -0.4 is 10.6 Å². The summed E-state index contributed by atoms with van der Waals surface area (Å²) in [6.07, 6.45) is 4.34. The van der Waals surface area contributed by atoms with Gasteiger partial charge in [0.15, 0.2) is 0 Å². The molecule has 2 rings (SSSR count). The first-order chi connectivity index (χ1) is 9.06. The molecule has 1 heterocycles. The van der Waals surface area contributed by atoms with Gasteiger partial charge in [-0.05, 0) is 39.2 Å². The molecule has 0 aromatic heterocycles. The zero-order chi connectivity index (χ0) is 13.9. The van der Waals surface area contributed by atoms with Crippen LogP contribution in [0.15, 0.2) is 0 Å². The van der Waals surface area contributed by atoms with Gasteiger partial charge in [0, 0.05) is 26.2 Å². The highest BCUT2D eigenvalue weighted by Crippen LogP contribution is 2.24. The molecule has 1 aliphatic carbocycles. The zero-order valence-electron chi connectivity index (χ0n) is 11.9. The van der Waals surface area contributed by atoms with Crippen LogP contribution in [0, 0.1) is 17.2 Å². The zero-order valence-corrected chi connectivity index (χ0v) is 11.9. The van der Waals surface area contributed by atoms with E-state index in [1.165, 1.54) is 12.8 Å². The van der Waals surface area contributed by atoms with Crippen molar-refractivity contribution in [2.75, 3.05) is 26.7 Å². The van der Waals surface area contributed by atoms with Crippen LogP contribution >= 0.6 is 0 Å². The van der Waals surface area contributed by atoms with E-state index >= 15 is 0 Å². The summed E-state index contributed by atoms with van der Waals surface area (Å²) in [6, 6.07) is 2.92. The largest absolute Gasteiger partial charge is 0.359 e. The van der Waals surface area contributed by atoms with Gasteiger partial charge in [-0.3, -0.25) is 15.0 Å². The molecule has 2 unspecified atom stereocenters. The fourth-order valence-electron chi connectivity index (χ4n) is 2.86. The van der Waals surface area contributed by atoms with Crippen molar-refractivity contribution in [1.29, 1.82) is 5.26 Å². The number of nitriles is 1. The molecule has 2 atom stereocenters. The monoisotopic (exact) mass is 264 g/mol. The Hall–Kier alpha value is -1.12. The Kier molecular flexibility index (Phi) is 4.43. The maximum Gasteiger partial charge on any atom is 0.224 e. The van der Waals surface area contributed by atoms with Crippen LogP contribution in [0.2, 0.25) is 0 Å². The van der Waals surface area contributed by atoms with Crippen LogP contribution in [0.4, 0.5) is 0 Å². The minimum Gasteiger partial charge on any atom is -0.359 e. The number of piperidine rings is 1. The second kappa shape index (κ2) is 5.89. The molecule has 0 spiro atoms. The van der Waals surface area contributed by atoms with Crippen molar-refractivity contribution in [3.8, 4) is 6.07 Å². The van der Waals surface area contributed by atoms with Crippen molar-refractivity contribution in [2.45, 2.75) is 44.2 Å². The van der Waals surface area contributed by atoms with Gasteiger partial charge in [-0.1, -0.05) is 0 Å². The van der Waals surface area contributed by atoms with E-state index in [0.29, 0.717) is 12.6 Å². The topological polar surface area (TPSA) is 68.2 Å². The van der Waals surface area contributed by atoms with Crippen LogP contribution in [0.3, 0.4) is 0 Å². The van der Waals surface area contributed by atoms with Crippen molar-refractivity contribution in [1.82, 2.24) is 15.5 Å². The Labute approximate surface area is 115 Å². The van der Waals surface area contributed by atoms with E-state index < -0.39 is 5.54 Å². The number of likely N-dealkylation sites (tertiary alicyclic amines) is 1. The third kappa shape index (κ3) is 3.92. The average molecular weight is 264 g/mol. The fourth-order valence-corrected chi connectivity index (χ4v) is 2.86. The summed E-state index contributed by atoms with van der Waals surface area (Å²) in [4.78, 5) is 14.0. The molecule has 1 saturated heterocycles. The summed E-state index contributed by atoms with van der Waals surface area (Å²) in [6.45, 7) is 4.42. The molecule has 0 radical (unpaired) electrons. The predicted octanol–water partition coefficient (Wildman–Crippen LogP) is 0.479. The molecule has 1 aliphatic heterocycles. The van der Waals surface area contributed by atoms with Gasteiger partial charge in [0.05, 0.1) is 12.0 Å². The van der Waals surface area contributed by atoms with Gasteiger partial charge >= 0.3 is 0 Å². The summed E-state index contributed by atoms with van der Waals surface area (Å²) < 4.78 is 0. The first-order valence-electron chi connectivity index (χ1n) is 7.19. The van der Waals surface area contributed by atoms with Crippen molar-refractivity contribution in [3.63, 3.8) is 0 Å². The summed E-state index contributed by atoms with van der Waals surface area (Å²) in [5, 5.41) is 15.5. The van der Waals surface area contributed by atoms with Crippen LogP contribution in [-0.2, 0) is 4.79 Å². The highest BCUT2D eigenvalue weighted by Gasteiger charge is 2.35. The lowest BCUT2D eigenvalue weighted by Crippen LogP contribution is -2.54.